The monoisotopic (exact) mass is 259 g/mol. The van der Waals surface area contributed by atoms with Gasteiger partial charge in [0.2, 0.25) is 0 Å². The summed E-state index contributed by atoms with van der Waals surface area (Å²) >= 11 is 0. The molecule has 0 saturated carbocycles. The summed E-state index contributed by atoms with van der Waals surface area (Å²) in [6.45, 7) is 11.4. The Hall–Kier alpha value is -1.35. The molecule has 2 N–H and O–H groups in total. The van der Waals surface area contributed by atoms with Crippen LogP contribution in [0.25, 0.3) is 0 Å². The number of aromatic nitrogens is 1. The second kappa shape index (κ2) is 5.33. The van der Waals surface area contributed by atoms with Crippen LogP contribution in [-0.4, -0.2) is 18.1 Å². The molecule has 0 amide bonds. The minimum atomic E-state index is 0.281. The molecule has 0 atom stereocenters. The molecular formula is C16H25N3. The predicted molar refractivity (Wildman–Crippen MR) is 81.2 cm³/mol. The highest BCUT2D eigenvalue weighted by molar-refractivity contribution is 5.49. The van der Waals surface area contributed by atoms with Gasteiger partial charge in [0.05, 0.1) is 0 Å². The Morgan fingerprint density at radius 1 is 1.32 bits per heavy atom. The number of aryl methyl sites for hydroxylation is 1. The normalized spacial score (nSPS) is 16.5. The largest absolute Gasteiger partial charge is 0.352 e. The lowest BCUT2D eigenvalue weighted by atomic mass is 9.83. The molecule has 0 aromatic carbocycles. The van der Waals surface area contributed by atoms with Crippen LogP contribution in [0.5, 0.6) is 0 Å². The summed E-state index contributed by atoms with van der Waals surface area (Å²) in [6, 6.07) is 4.13. The van der Waals surface area contributed by atoms with E-state index in [0.717, 1.165) is 36.6 Å². The van der Waals surface area contributed by atoms with Gasteiger partial charge in [0, 0.05) is 30.9 Å². The minimum Gasteiger partial charge on any atom is -0.352 e. The van der Waals surface area contributed by atoms with Crippen LogP contribution in [0.1, 0.15) is 38.4 Å². The third-order valence-corrected chi connectivity index (χ3v) is 3.79. The summed E-state index contributed by atoms with van der Waals surface area (Å²) in [5, 5.41) is 0. The van der Waals surface area contributed by atoms with Crippen molar-refractivity contribution >= 4 is 5.82 Å². The first-order valence-corrected chi connectivity index (χ1v) is 7.03. The zero-order valence-electron chi connectivity index (χ0n) is 12.5. The van der Waals surface area contributed by atoms with Crippen molar-refractivity contribution in [2.45, 2.75) is 40.7 Å². The van der Waals surface area contributed by atoms with E-state index < -0.39 is 0 Å². The molecule has 0 fully saturated rings. The molecule has 0 radical (unpaired) electrons. The Bertz CT molecular complexity index is 483. The van der Waals surface area contributed by atoms with Crippen LogP contribution in [0, 0.1) is 12.3 Å². The van der Waals surface area contributed by atoms with E-state index in [1.807, 2.05) is 13.0 Å². The number of hydrogen-bond acceptors (Lipinski definition) is 3. The number of rotatable bonds is 2. The van der Waals surface area contributed by atoms with Crippen LogP contribution in [-0.2, 0) is 6.54 Å². The molecule has 0 saturated heterocycles. The van der Waals surface area contributed by atoms with Gasteiger partial charge in [0.1, 0.15) is 5.82 Å². The number of pyridine rings is 1. The molecule has 3 nitrogen and oxygen atoms in total. The molecule has 1 aromatic heterocycles. The third kappa shape index (κ3) is 3.16. The second-order valence-electron chi connectivity index (χ2n) is 6.31. The lowest BCUT2D eigenvalue weighted by Gasteiger charge is -2.33. The zero-order chi connectivity index (χ0) is 14.0. The quantitative estimate of drug-likeness (QED) is 0.830. The number of nitrogens with zero attached hydrogens (tertiary/aromatic N) is 2. The fourth-order valence-corrected chi connectivity index (χ4v) is 2.55. The molecule has 1 aromatic rings. The lowest BCUT2D eigenvalue weighted by molar-refractivity contribution is 0.472. The molecule has 0 spiro atoms. The van der Waals surface area contributed by atoms with Gasteiger partial charge in [-0.3, -0.25) is 0 Å². The van der Waals surface area contributed by atoms with Gasteiger partial charge >= 0.3 is 0 Å². The van der Waals surface area contributed by atoms with Gasteiger partial charge in [-0.15, -0.1) is 0 Å². The second-order valence-corrected chi connectivity index (χ2v) is 6.31. The van der Waals surface area contributed by atoms with Gasteiger partial charge in [0.25, 0.3) is 0 Å². The molecule has 0 bridgehead atoms. The van der Waals surface area contributed by atoms with Crippen molar-refractivity contribution in [3.8, 4) is 0 Å². The van der Waals surface area contributed by atoms with Crippen molar-refractivity contribution in [1.82, 2.24) is 4.98 Å². The molecule has 0 unspecified atom stereocenters. The maximum absolute atomic E-state index is 5.82. The minimum absolute atomic E-state index is 0.281. The first-order valence-electron chi connectivity index (χ1n) is 7.03. The van der Waals surface area contributed by atoms with Crippen LogP contribution in [0.3, 0.4) is 0 Å². The van der Waals surface area contributed by atoms with Crippen molar-refractivity contribution in [3.63, 3.8) is 0 Å². The highest BCUT2D eigenvalue weighted by Gasteiger charge is 2.22. The summed E-state index contributed by atoms with van der Waals surface area (Å²) in [5.74, 6) is 1.06. The van der Waals surface area contributed by atoms with E-state index in [0.29, 0.717) is 6.54 Å². The van der Waals surface area contributed by atoms with E-state index in [2.05, 4.69) is 42.8 Å². The average Bonchev–Trinajstić information content (AvgIpc) is 2.38. The van der Waals surface area contributed by atoms with E-state index in [4.69, 9.17) is 5.73 Å². The molecular weight excluding hydrogens is 234 g/mol. The SMILES string of the molecule is Cc1ccc(CN)c(N2CC=C(C(C)(C)C)CC2)n1. The summed E-state index contributed by atoms with van der Waals surface area (Å²) in [5.41, 5.74) is 9.84. The number of nitrogens with two attached hydrogens (primary N) is 1. The van der Waals surface area contributed by atoms with E-state index >= 15 is 0 Å². The summed E-state index contributed by atoms with van der Waals surface area (Å²) in [7, 11) is 0. The predicted octanol–water partition coefficient (Wildman–Crippen LogP) is 3.03. The van der Waals surface area contributed by atoms with Gasteiger partial charge in [-0.1, -0.05) is 38.5 Å². The molecule has 0 aliphatic carbocycles. The van der Waals surface area contributed by atoms with E-state index in [1.165, 1.54) is 0 Å². The molecule has 2 heterocycles. The van der Waals surface area contributed by atoms with Gasteiger partial charge in [-0.25, -0.2) is 4.98 Å². The number of anilines is 1. The van der Waals surface area contributed by atoms with Crippen molar-refractivity contribution in [2.24, 2.45) is 11.1 Å². The first kappa shape index (κ1) is 14.1. The Kier molecular flexibility index (Phi) is 3.95. The van der Waals surface area contributed by atoms with Gasteiger partial charge in [0.15, 0.2) is 0 Å². The van der Waals surface area contributed by atoms with Crippen molar-refractivity contribution in [1.29, 1.82) is 0 Å². The highest BCUT2D eigenvalue weighted by Crippen LogP contribution is 2.31. The summed E-state index contributed by atoms with van der Waals surface area (Å²) in [4.78, 5) is 7.01. The fraction of sp³-hybridized carbons (Fsp3) is 0.562. The van der Waals surface area contributed by atoms with Gasteiger partial charge < -0.3 is 10.6 Å². The van der Waals surface area contributed by atoms with Gasteiger partial charge in [-0.2, -0.15) is 0 Å². The van der Waals surface area contributed by atoms with Gasteiger partial charge in [-0.05, 0) is 24.8 Å². The topological polar surface area (TPSA) is 42.1 Å². The third-order valence-electron chi connectivity index (χ3n) is 3.79. The van der Waals surface area contributed by atoms with Crippen LogP contribution >= 0.6 is 0 Å². The van der Waals surface area contributed by atoms with Crippen LogP contribution in [0.2, 0.25) is 0 Å². The molecule has 104 valence electrons. The van der Waals surface area contributed by atoms with Crippen LogP contribution in [0.4, 0.5) is 5.82 Å². The average molecular weight is 259 g/mol. The van der Waals surface area contributed by atoms with E-state index in [1.54, 1.807) is 5.57 Å². The smallest absolute Gasteiger partial charge is 0.133 e. The zero-order valence-corrected chi connectivity index (χ0v) is 12.5. The Morgan fingerprint density at radius 3 is 2.58 bits per heavy atom. The molecule has 19 heavy (non-hydrogen) atoms. The summed E-state index contributed by atoms with van der Waals surface area (Å²) < 4.78 is 0. The maximum atomic E-state index is 5.82. The molecule has 1 aliphatic rings. The summed E-state index contributed by atoms with van der Waals surface area (Å²) in [6.07, 6.45) is 3.47. The molecule has 2 rings (SSSR count). The van der Waals surface area contributed by atoms with Crippen molar-refractivity contribution < 1.29 is 0 Å². The Labute approximate surface area is 116 Å². The standard InChI is InChI=1S/C16H25N3/c1-12-5-6-13(11-17)15(18-12)19-9-7-14(8-10-19)16(2,3)4/h5-7H,8-11,17H2,1-4H3. The lowest BCUT2D eigenvalue weighted by Crippen LogP contribution is -2.33. The Balaban J connectivity index is 2.22. The van der Waals surface area contributed by atoms with E-state index in [-0.39, 0.29) is 5.41 Å². The Morgan fingerprint density at radius 2 is 2.05 bits per heavy atom. The first-order chi connectivity index (χ1) is 8.91. The van der Waals surface area contributed by atoms with Crippen LogP contribution < -0.4 is 10.6 Å². The van der Waals surface area contributed by atoms with Crippen molar-refractivity contribution in [2.75, 3.05) is 18.0 Å². The van der Waals surface area contributed by atoms with E-state index in [9.17, 15) is 0 Å². The molecule has 3 heteroatoms. The van der Waals surface area contributed by atoms with Crippen molar-refractivity contribution in [3.05, 3.63) is 35.0 Å². The fourth-order valence-electron chi connectivity index (χ4n) is 2.55. The van der Waals surface area contributed by atoms with Crippen LogP contribution in [0.15, 0.2) is 23.8 Å². The number of hydrogen-bond donors (Lipinski definition) is 1. The maximum Gasteiger partial charge on any atom is 0.133 e. The molecule has 1 aliphatic heterocycles. The highest BCUT2D eigenvalue weighted by atomic mass is 15.2.